The molecule has 0 aliphatic carbocycles. The van der Waals surface area contributed by atoms with Crippen LogP contribution in [0.3, 0.4) is 0 Å². The van der Waals surface area contributed by atoms with Crippen LogP contribution in [0.4, 0.5) is 0 Å². The summed E-state index contributed by atoms with van der Waals surface area (Å²) in [5.41, 5.74) is 5.69. The van der Waals surface area contributed by atoms with E-state index >= 15 is 0 Å². The summed E-state index contributed by atoms with van der Waals surface area (Å²) in [5.74, 6) is -1.04. The van der Waals surface area contributed by atoms with Crippen LogP contribution in [0.1, 0.15) is 20.3 Å². The summed E-state index contributed by atoms with van der Waals surface area (Å²) < 4.78 is 0. The Bertz CT molecular complexity index is 184. The number of carboxylic acid groups (broad SMARTS) is 1. The summed E-state index contributed by atoms with van der Waals surface area (Å²) in [5, 5.41) is 17.3. The Morgan fingerprint density at radius 3 is 2.36 bits per heavy atom. The van der Waals surface area contributed by atoms with E-state index in [4.69, 9.17) is 15.9 Å². The van der Waals surface area contributed by atoms with Crippen LogP contribution in [0.25, 0.3) is 0 Å². The van der Waals surface area contributed by atoms with Crippen molar-refractivity contribution >= 4 is 5.97 Å². The molecule has 0 saturated heterocycles. The zero-order valence-electron chi connectivity index (χ0n) is 6.66. The lowest BCUT2D eigenvalue weighted by atomic mass is 10.1. The monoisotopic (exact) mass is 159 g/mol. The highest BCUT2D eigenvalue weighted by Crippen LogP contribution is 2.04. The fourth-order valence-corrected chi connectivity index (χ4v) is 0.609. The molecule has 4 nitrogen and oxygen atoms in total. The molecule has 0 bridgehead atoms. The summed E-state index contributed by atoms with van der Waals surface area (Å²) in [7, 11) is 0. The first-order valence-electron chi connectivity index (χ1n) is 3.31. The number of hydrogen-bond donors (Lipinski definition) is 3. The van der Waals surface area contributed by atoms with Crippen molar-refractivity contribution in [2.75, 3.05) is 0 Å². The first kappa shape index (κ1) is 9.97. The molecule has 0 spiro atoms. The van der Waals surface area contributed by atoms with Gasteiger partial charge in [0.2, 0.25) is 0 Å². The maximum atomic E-state index is 10.3. The molecule has 4 heteroatoms. The predicted octanol–water partition coefficient (Wildman–Crippen LogP) is 0.0746. The molecule has 0 saturated carbocycles. The van der Waals surface area contributed by atoms with E-state index in [1.807, 2.05) is 0 Å². The molecular formula is C7H13NO3. The molecule has 0 amide bonds. The molecule has 1 unspecified atom stereocenters. The van der Waals surface area contributed by atoms with Gasteiger partial charge in [-0.1, -0.05) is 0 Å². The normalized spacial score (nSPS) is 15.5. The molecule has 64 valence electrons. The van der Waals surface area contributed by atoms with Crippen LogP contribution in [0.5, 0.6) is 0 Å². The highest BCUT2D eigenvalue weighted by molar-refractivity contribution is 5.86. The van der Waals surface area contributed by atoms with Crippen molar-refractivity contribution in [3.8, 4) is 0 Å². The van der Waals surface area contributed by atoms with Gasteiger partial charge >= 0.3 is 5.97 Å². The minimum atomic E-state index is -1.04. The summed E-state index contributed by atoms with van der Waals surface area (Å²) in [6.07, 6.45) is -0.387. The Labute approximate surface area is 65.3 Å². The standard InChI is InChI=1S/C7H13NO3/c1-4(9)3-6(8)5(2)7(10)11/h4,9H,3,8H2,1-2H3,(H,10,11). The van der Waals surface area contributed by atoms with Crippen LogP contribution in [-0.2, 0) is 4.79 Å². The van der Waals surface area contributed by atoms with Gasteiger partial charge in [0.25, 0.3) is 0 Å². The van der Waals surface area contributed by atoms with E-state index in [1.165, 1.54) is 6.92 Å². The Balaban J connectivity index is 4.28. The van der Waals surface area contributed by atoms with Gasteiger partial charge in [0.15, 0.2) is 0 Å². The maximum Gasteiger partial charge on any atom is 0.333 e. The quantitative estimate of drug-likeness (QED) is 0.509. The number of aliphatic carboxylic acids is 1. The molecule has 1 atom stereocenters. The first-order valence-corrected chi connectivity index (χ1v) is 3.31. The topological polar surface area (TPSA) is 83.5 Å². The molecule has 11 heavy (non-hydrogen) atoms. The molecular weight excluding hydrogens is 146 g/mol. The first-order chi connectivity index (χ1) is 4.95. The number of hydrogen-bond acceptors (Lipinski definition) is 3. The minimum absolute atomic E-state index is 0.103. The second-order valence-corrected chi connectivity index (χ2v) is 2.51. The van der Waals surface area contributed by atoms with Crippen LogP contribution in [0.2, 0.25) is 0 Å². The van der Waals surface area contributed by atoms with Gasteiger partial charge in [0.05, 0.1) is 11.7 Å². The molecule has 0 aromatic heterocycles. The smallest absolute Gasteiger partial charge is 0.333 e. The highest BCUT2D eigenvalue weighted by Gasteiger charge is 2.07. The molecule has 4 N–H and O–H groups in total. The van der Waals surface area contributed by atoms with Crippen LogP contribution in [0, 0.1) is 0 Å². The van der Waals surface area contributed by atoms with Gasteiger partial charge in [-0.15, -0.1) is 0 Å². The molecule has 0 aromatic carbocycles. The van der Waals surface area contributed by atoms with Crippen LogP contribution >= 0.6 is 0 Å². The molecule has 0 heterocycles. The fraction of sp³-hybridized carbons (Fsp3) is 0.571. The molecule has 0 aromatic rings. The van der Waals surface area contributed by atoms with Crippen LogP contribution < -0.4 is 5.73 Å². The number of carboxylic acids is 1. The van der Waals surface area contributed by atoms with E-state index in [0.29, 0.717) is 0 Å². The second kappa shape index (κ2) is 3.98. The molecule has 0 aliphatic rings. The Kier molecular flexibility index (Phi) is 3.60. The number of carbonyl (C=O) groups is 1. The van der Waals surface area contributed by atoms with E-state index in [-0.39, 0.29) is 17.7 Å². The Morgan fingerprint density at radius 2 is 2.09 bits per heavy atom. The van der Waals surface area contributed by atoms with E-state index in [1.54, 1.807) is 6.92 Å². The van der Waals surface area contributed by atoms with Gasteiger partial charge in [-0.05, 0) is 13.8 Å². The number of nitrogens with two attached hydrogens (primary N) is 1. The van der Waals surface area contributed by atoms with Gasteiger partial charge in [-0.3, -0.25) is 0 Å². The Hall–Kier alpha value is -1.03. The zero-order chi connectivity index (χ0) is 9.02. The third-order valence-corrected chi connectivity index (χ3v) is 1.32. The molecule has 0 aliphatic heterocycles. The van der Waals surface area contributed by atoms with Crippen molar-refractivity contribution in [2.45, 2.75) is 26.4 Å². The third kappa shape index (κ3) is 3.62. The Morgan fingerprint density at radius 1 is 1.64 bits per heavy atom. The van der Waals surface area contributed by atoms with Crippen molar-refractivity contribution in [2.24, 2.45) is 5.73 Å². The molecule has 0 fully saturated rings. The SMILES string of the molecule is CC(C(=O)O)=C(N)CC(C)O. The zero-order valence-corrected chi connectivity index (χ0v) is 6.66. The van der Waals surface area contributed by atoms with E-state index in [9.17, 15) is 4.79 Å². The second-order valence-electron chi connectivity index (χ2n) is 2.51. The lowest BCUT2D eigenvalue weighted by molar-refractivity contribution is -0.132. The molecule has 0 radical (unpaired) electrons. The highest BCUT2D eigenvalue weighted by atomic mass is 16.4. The maximum absolute atomic E-state index is 10.3. The van der Waals surface area contributed by atoms with Gasteiger partial charge in [-0.2, -0.15) is 0 Å². The van der Waals surface area contributed by atoms with Gasteiger partial charge in [0, 0.05) is 12.1 Å². The van der Waals surface area contributed by atoms with Crippen molar-refractivity contribution < 1.29 is 15.0 Å². The number of aliphatic hydroxyl groups excluding tert-OH is 1. The van der Waals surface area contributed by atoms with Gasteiger partial charge < -0.3 is 15.9 Å². The number of aliphatic hydroxyl groups is 1. The van der Waals surface area contributed by atoms with E-state index < -0.39 is 12.1 Å². The van der Waals surface area contributed by atoms with Crippen molar-refractivity contribution in [1.29, 1.82) is 0 Å². The van der Waals surface area contributed by atoms with Crippen LogP contribution in [-0.4, -0.2) is 22.3 Å². The van der Waals surface area contributed by atoms with E-state index in [0.717, 1.165) is 0 Å². The summed E-state index contributed by atoms with van der Waals surface area (Å²) in [6, 6.07) is 0. The molecule has 0 rings (SSSR count). The average molecular weight is 159 g/mol. The third-order valence-electron chi connectivity index (χ3n) is 1.32. The van der Waals surface area contributed by atoms with Crippen molar-refractivity contribution in [3.05, 3.63) is 11.3 Å². The average Bonchev–Trinajstić information content (AvgIpc) is 1.84. The lowest BCUT2D eigenvalue weighted by Gasteiger charge is -2.05. The van der Waals surface area contributed by atoms with Crippen LogP contribution in [0.15, 0.2) is 11.3 Å². The summed E-state index contributed by atoms with van der Waals surface area (Å²) in [6.45, 7) is 2.97. The van der Waals surface area contributed by atoms with Gasteiger partial charge in [-0.25, -0.2) is 4.79 Å². The minimum Gasteiger partial charge on any atom is -0.478 e. The fourth-order valence-electron chi connectivity index (χ4n) is 0.609. The van der Waals surface area contributed by atoms with E-state index in [2.05, 4.69) is 0 Å². The van der Waals surface area contributed by atoms with Crippen molar-refractivity contribution in [3.63, 3.8) is 0 Å². The summed E-state index contributed by atoms with van der Waals surface area (Å²) >= 11 is 0. The predicted molar refractivity (Wildman–Crippen MR) is 40.8 cm³/mol. The summed E-state index contributed by atoms with van der Waals surface area (Å²) in [4.78, 5) is 10.3. The largest absolute Gasteiger partial charge is 0.478 e. The number of rotatable bonds is 3. The van der Waals surface area contributed by atoms with Crippen molar-refractivity contribution in [1.82, 2.24) is 0 Å². The lowest BCUT2D eigenvalue weighted by Crippen LogP contribution is -2.13. The van der Waals surface area contributed by atoms with Gasteiger partial charge in [0.1, 0.15) is 0 Å².